The van der Waals surface area contributed by atoms with Crippen molar-refractivity contribution >= 4 is 16.6 Å². The molecule has 0 amide bonds. The lowest BCUT2D eigenvalue weighted by Crippen LogP contribution is -2.36. The zero-order valence-corrected chi connectivity index (χ0v) is 11.0. The summed E-state index contributed by atoms with van der Waals surface area (Å²) in [4.78, 5) is 2.39. The van der Waals surface area contributed by atoms with Gasteiger partial charge >= 0.3 is 0 Å². The van der Waals surface area contributed by atoms with E-state index in [2.05, 4.69) is 21.2 Å². The van der Waals surface area contributed by atoms with E-state index >= 15 is 0 Å². The number of piperidine rings is 1. The Balaban J connectivity index is 1.91. The van der Waals surface area contributed by atoms with Crippen LogP contribution in [0.3, 0.4) is 0 Å². The highest BCUT2D eigenvalue weighted by molar-refractivity contribution is 5.90. The van der Waals surface area contributed by atoms with Gasteiger partial charge in [0.05, 0.1) is 17.4 Å². The first-order valence-corrected chi connectivity index (χ1v) is 6.94. The Morgan fingerprint density at radius 3 is 3.11 bits per heavy atom. The van der Waals surface area contributed by atoms with Crippen molar-refractivity contribution in [3.63, 3.8) is 0 Å². The van der Waals surface area contributed by atoms with Crippen LogP contribution in [0.1, 0.15) is 19.3 Å². The molecular formula is C15H19N3O. The molecule has 2 aromatic rings. The van der Waals surface area contributed by atoms with Gasteiger partial charge in [-0.2, -0.15) is 10.2 Å². The Bertz CT molecular complexity index is 551. The van der Waals surface area contributed by atoms with Gasteiger partial charge in [-0.3, -0.25) is 0 Å². The van der Waals surface area contributed by atoms with E-state index in [-0.39, 0.29) is 6.61 Å². The molecule has 1 atom stereocenters. The molecule has 19 heavy (non-hydrogen) atoms. The van der Waals surface area contributed by atoms with Crippen molar-refractivity contribution in [1.29, 1.82) is 0 Å². The highest BCUT2D eigenvalue weighted by atomic mass is 16.3. The van der Waals surface area contributed by atoms with E-state index in [1.807, 2.05) is 24.4 Å². The van der Waals surface area contributed by atoms with Crippen LogP contribution in [0.4, 0.5) is 5.69 Å². The molecule has 1 aliphatic rings. The summed E-state index contributed by atoms with van der Waals surface area (Å²) >= 11 is 0. The highest BCUT2D eigenvalue weighted by Gasteiger charge is 2.21. The quantitative estimate of drug-likeness (QED) is 0.916. The van der Waals surface area contributed by atoms with E-state index in [0.29, 0.717) is 5.92 Å². The number of anilines is 1. The van der Waals surface area contributed by atoms with Crippen LogP contribution in [0.2, 0.25) is 0 Å². The number of hydrogen-bond donors (Lipinski definition) is 1. The van der Waals surface area contributed by atoms with Gasteiger partial charge in [0.25, 0.3) is 0 Å². The second-order valence-electron chi connectivity index (χ2n) is 5.21. The Morgan fingerprint density at radius 1 is 1.32 bits per heavy atom. The third-order valence-corrected chi connectivity index (χ3v) is 3.92. The van der Waals surface area contributed by atoms with Crippen LogP contribution in [0.25, 0.3) is 10.9 Å². The normalized spacial score (nSPS) is 19.8. The maximum absolute atomic E-state index is 9.11. The molecule has 0 bridgehead atoms. The molecule has 100 valence electrons. The standard InChI is InChI=1S/C15H19N3O/c19-9-7-12-4-3-8-18(11-12)15-10-16-17-14-6-2-1-5-13(14)15/h1-2,5-6,10,12,19H,3-4,7-9,11H2. The number of rotatable bonds is 3. The van der Waals surface area contributed by atoms with Gasteiger partial charge in [0.1, 0.15) is 0 Å². The first-order chi connectivity index (χ1) is 9.38. The van der Waals surface area contributed by atoms with Gasteiger partial charge in [-0.25, -0.2) is 0 Å². The number of aromatic nitrogens is 2. The molecule has 1 fully saturated rings. The lowest BCUT2D eigenvalue weighted by atomic mass is 9.94. The molecule has 1 aromatic carbocycles. The predicted molar refractivity (Wildman–Crippen MR) is 76.2 cm³/mol. The summed E-state index contributed by atoms with van der Waals surface area (Å²) in [6, 6.07) is 8.14. The fourth-order valence-electron chi connectivity index (χ4n) is 2.95. The van der Waals surface area contributed by atoms with E-state index in [1.54, 1.807) is 0 Å². The molecule has 0 aliphatic carbocycles. The van der Waals surface area contributed by atoms with Crippen molar-refractivity contribution in [2.24, 2.45) is 5.92 Å². The Kier molecular flexibility index (Phi) is 3.60. The minimum Gasteiger partial charge on any atom is -0.396 e. The van der Waals surface area contributed by atoms with Crippen LogP contribution in [0.15, 0.2) is 30.5 Å². The number of hydrogen-bond acceptors (Lipinski definition) is 4. The van der Waals surface area contributed by atoms with Gasteiger partial charge in [-0.1, -0.05) is 18.2 Å². The van der Waals surface area contributed by atoms with Gasteiger partial charge in [-0.05, 0) is 31.2 Å². The predicted octanol–water partition coefficient (Wildman–Crippen LogP) is 2.23. The van der Waals surface area contributed by atoms with Crippen LogP contribution >= 0.6 is 0 Å². The first kappa shape index (κ1) is 12.4. The number of fused-ring (bicyclic) bond motifs is 1. The van der Waals surface area contributed by atoms with Crippen molar-refractivity contribution in [2.45, 2.75) is 19.3 Å². The number of aliphatic hydroxyl groups is 1. The van der Waals surface area contributed by atoms with Crippen LogP contribution in [0, 0.1) is 5.92 Å². The Hall–Kier alpha value is -1.68. The van der Waals surface area contributed by atoms with Crippen LogP contribution in [-0.2, 0) is 0 Å². The van der Waals surface area contributed by atoms with Crippen molar-refractivity contribution in [1.82, 2.24) is 10.2 Å². The van der Waals surface area contributed by atoms with Gasteiger partial charge in [0, 0.05) is 25.1 Å². The summed E-state index contributed by atoms with van der Waals surface area (Å²) in [6.45, 7) is 2.36. The number of benzene rings is 1. The molecule has 1 unspecified atom stereocenters. The Labute approximate surface area is 113 Å². The fraction of sp³-hybridized carbons (Fsp3) is 0.467. The molecule has 4 nitrogen and oxygen atoms in total. The molecule has 4 heteroatoms. The van der Waals surface area contributed by atoms with E-state index in [0.717, 1.165) is 25.0 Å². The van der Waals surface area contributed by atoms with E-state index < -0.39 is 0 Å². The maximum Gasteiger partial charge on any atom is 0.0950 e. The van der Waals surface area contributed by atoms with Crippen molar-refractivity contribution in [2.75, 3.05) is 24.6 Å². The van der Waals surface area contributed by atoms with Crippen molar-refractivity contribution in [3.05, 3.63) is 30.5 Å². The molecule has 3 rings (SSSR count). The van der Waals surface area contributed by atoms with Gasteiger partial charge < -0.3 is 10.0 Å². The number of nitrogens with zero attached hydrogens (tertiary/aromatic N) is 3. The molecule has 1 N–H and O–H groups in total. The third kappa shape index (κ3) is 2.54. The van der Waals surface area contributed by atoms with Crippen LogP contribution in [-0.4, -0.2) is 35.0 Å². The van der Waals surface area contributed by atoms with Crippen LogP contribution < -0.4 is 4.90 Å². The fourth-order valence-corrected chi connectivity index (χ4v) is 2.95. The molecule has 1 saturated heterocycles. The summed E-state index contributed by atoms with van der Waals surface area (Å²) in [7, 11) is 0. The minimum atomic E-state index is 0.286. The second kappa shape index (κ2) is 5.53. The zero-order valence-electron chi connectivity index (χ0n) is 11.0. The summed E-state index contributed by atoms with van der Waals surface area (Å²) in [5, 5.41) is 18.6. The highest BCUT2D eigenvalue weighted by Crippen LogP contribution is 2.29. The lowest BCUT2D eigenvalue weighted by Gasteiger charge is -2.34. The molecule has 0 radical (unpaired) electrons. The van der Waals surface area contributed by atoms with Gasteiger partial charge in [0.2, 0.25) is 0 Å². The molecular weight excluding hydrogens is 238 g/mol. The van der Waals surface area contributed by atoms with E-state index in [1.165, 1.54) is 23.9 Å². The Morgan fingerprint density at radius 2 is 2.21 bits per heavy atom. The monoisotopic (exact) mass is 257 g/mol. The lowest BCUT2D eigenvalue weighted by molar-refractivity contribution is 0.244. The maximum atomic E-state index is 9.11. The molecule has 0 saturated carbocycles. The van der Waals surface area contributed by atoms with Crippen LogP contribution in [0.5, 0.6) is 0 Å². The SMILES string of the molecule is OCCC1CCCN(c2cnnc3ccccc23)C1. The van der Waals surface area contributed by atoms with Gasteiger partial charge in [0.15, 0.2) is 0 Å². The summed E-state index contributed by atoms with van der Waals surface area (Å²) in [5.74, 6) is 0.589. The topological polar surface area (TPSA) is 49.2 Å². The molecule has 1 aromatic heterocycles. The average Bonchev–Trinajstić information content (AvgIpc) is 2.47. The first-order valence-electron chi connectivity index (χ1n) is 6.94. The molecule has 0 spiro atoms. The largest absolute Gasteiger partial charge is 0.396 e. The third-order valence-electron chi connectivity index (χ3n) is 3.92. The second-order valence-corrected chi connectivity index (χ2v) is 5.21. The minimum absolute atomic E-state index is 0.286. The molecule has 1 aliphatic heterocycles. The smallest absolute Gasteiger partial charge is 0.0950 e. The van der Waals surface area contributed by atoms with Crippen molar-refractivity contribution in [3.8, 4) is 0 Å². The average molecular weight is 257 g/mol. The molecule has 2 heterocycles. The summed E-state index contributed by atoms with van der Waals surface area (Å²) < 4.78 is 0. The zero-order chi connectivity index (χ0) is 13.1. The van der Waals surface area contributed by atoms with Gasteiger partial charge in [-0.15, -0.1) is 0 Å². The van der Waals surface area contributed by atoms with Crippen molar-refractivity contribution < 1.29 is 5.11 Å². The summed E-state index contributed by atoms with van der Waals surface area (Å²) in [5.41, 5.74) is 2.12. The van der Waals surface area contributed by atoms with E-state index in [9.17, 15) is 0 Å². The summed E-state index contributed by atoms with van der Waals surface area (Å²) in [6.07, 6.45) is 5.16. The van der Waals surface area contributed by atoms with E-state index in [4.69, 9.17) is 5.11 Å². The number of aliphatic hydroxyl groups excluding tert-OH is 1.